The summed E-state index contributed by atoms with van der Waals surface area (Å²) in [6.45, 7) is 0.462. The summed E-state index contributed by atoms with van der Waals surface area (Å²) in [7, 11) is 1.51. The number of aromatic nitrogens is 2. The van der Waals surface area contributed by atoms with E-state index in [1.165, 1.54) is 7.11 Å². The molecule has 108 valence electrons. The maximum Gasteiger partial charge on any atom is 0.321 e. The predicted molar refractivity (Wildman–Crippen MR) is 76.1 cm³/mol. The fourth-order valence-electron chi connectivity index (χ4n) is 1.55. The number of nitrogens with zero attached hydrogens (tertiary/aromatic N) is 2. The Hall–Kier alpha value is -1.34. The van der Waals surface area contributed by atoms with Gasteiger partial charge in [-0.05, 0) is 18.2 Å². The number of methoxy groups -OCH3 is 1. The minimum atomic E-state index is -0.657. The van der Waals surface area contributed by atoms with Gasteiger partial charge < -0.3 is 19.7 Å². The third kappa shape index (κ3) is 4.08. The smallest absolute Gasteiger partial charge is 0.321 e. The molecule has 8 heteroatoms. The molecule has 2 rings (SSSR count). The molecule has 0 aliphatic carbocycles. The molecule has 1 heterocycles. The highest BCUT2D eigenvalue weighted by atomic mass is 35.5. The Bertz CT molecular complexity index is 557. The monoisotopic (exact) mass is 317 g/mol. The van der Waals surface area contributed by atoms with E-state index < -0.39 is 6.10 Å². The van der Waals surface area contributed by atoms with E-state index in [-0.39, 0.29) is 19.2 Å². The van der Waals surface area contributed by atoms with Crippen molar-refractivity contribution in [3.05, 3.63) is 28.2 Å². The number of rotatable bonds is 6. The normalized spacial score (nSPS) is 12.4. The molecule has 1 aromatic carbocycles. The molecule has 0 bridgehead atoms. The predicted octanol–water partition coefficient (Wildman–Crippen LogP) is 2.46. The average Bonchev–Trinajstić information content (AvgIpc) is 2.84. The van der Waals surface area contributed by atoms with Gasteiger partial charge in [0.25, 0.3) is 0 Å². The summed E-state index contributed by atoms with van der Waals surface area (Å²) < 4.78 is 9.82. The van der Waals surface area contributed by atoms with Crippen molar-refractivity contribution < 1.29 is 14.4 Å². The summed E-state index contributed by atoms with van der Waals surface area (Å²) >= 11 is 11.8. The standard InChI is InChI=1S/C12H13Cl2N3O3/c1-19-6-10(18)5-15-12-16-11(17-20-12)7-2-8(13)4-9(14)3-7/h2-4,10,18H,5-6H2,1H3,(H,15,16,17)/t10-/m0/s1. The van der Waals surface area contributed by atoms with E-state index in [0.717, 1.165) is 0 Å². The fourth-order valence-corrected chi connectivity index (χ4v) is 2.08. The molecule has 0 spiro atoms. The number of hydrogen-bond donors (Lipinski definition) is 2. The van der Waals surface area contributed by atoms with Crippen LogP contribution in [-0.2, 0) is 4.74 Å². The third-order valence-corrected chi connectivity index (χ3v) is 2.83. The second kappa shape index (κ2) is 6.90. The number of hydrogen-bond acceptors (Lipinski definition) is 6. The topological polar surface area (TPSA) is 80.4 Å². The lowest BCUT2D eigenvalue weighted by atomic mass is 10.2. The lowest BCUT2D eigenvalue weighted by Crippen LogP contribution is -2.24. The zero-order valence-corrected chi connectivity index (χ0v) is 12.1. The largest absolute Gasteiger partial charge is 0.389 e. The molecule has 6 nitrogen and oxygen atoms in total. The van der Waals surface area contributed by atoms with Gasteiger partial charge in [0.15, 0.2) is 0 Å². The second-order valence-electron chi connectivity index (χ2n) is 4.07. The van der Waals surface area contributed by atoms with Gasteiger partial charge in [0, 0.05) is 29.3 Å². The zero-order chi connectivity index (χ0) is 14.5. The molecule has 0 fully saturated rings. The van der Waals surface area contributed by atoms with Crippen molar-refractivity contribution in [2.24, 2.45) is 0 Å². The van der Waals surface area contributed by atoms with Crippen LogP contribution in [0.4, 0.5) is 6.01 Å². The van der Waals surface area contributed by atoms with Crippen LogP contribution in [0.25, 0.3) is 11.4 Å². The lowest BCUT2D eigenvalue weighted by Gasteiger charge is -2.08. The first kappa shape index (κ1) is 15.1. The summed E-state index contributed by atoms with van der Waals surface area (Å²) in [5, 5.41) is 17.1. The number of aliphatic hydroxyl groups excluding tert-OH is 1. The highest BCUT2D eigenvalue weighted by molar-refractivity contribution is 6.35. The highest BCUT2D eigenvalue weighted by Crippen LogP contribution is 2.25. The lowest BCUT2D eigenvalue weighted by molar-refractivity contribution is 0.0723. The molecule has 0 aliphatic rings. The Labute approximate surface area is 125 Å². The molecular formula is C12H13Cl2N3O3. The maximum absolute atomic E-state index is 9.49. The first-order valence-electron chi connectivity index (χ1n) is 5.79. The first-order valence-corrected chi connectivity index (χ1v) is 6.55. The SMILES string of the molecule is COC[C@@H](O)CNc1nc(-c2cc(Cl)cc(Cl)c2)no1. The van der Waals surface area contributed by atoms with E-state index in [9.17, 15) is 5.11 Å². The van der Waals surface area contributed by atoms with Crippen molar-refractivity contribution in [3.8, 4) is 11.4 Å². The van der Waals surface area contributed by atoms with Crippen LogP contribution < -0.4 is 5.32 Å². The van der Waals surface area contributed by atoms with Crippen LogP contribution >= 0.6 is 23.2 Å². The van der Waals surface area contributed by atoms with Crippen LogP contribution in [0.2, 0.25) is 10.0 Å². The number of anilines is 1. The van der Waals surface area contributed by atoms with E-state index in [0.29, 0.717) is 21.4 Å². The molecule has 0 saturated heterocycles. The van der Waals surface area contributed by atoms with E-state index in [1.807, 2.05) is 0 Å². The highest BCUT2D eigenvalue weighted by Gasteiger charge is 2.11. The number of nitrogens with one attached hydrogen (secondary N) is 1. The average molecular weight is 318 g/mol. The van der Waals surface area contributed by atoms with Crippen LogP contribution in [0.1, 0.15) is 0 Å². The quantitative estimate of drug-likeness (QED) is 0.851. The Morgan fingerprint density at radius 1 is 1.35 bits per heavy atom. The third-order valence-electron chi connectivity index (χ3n) is 2.39. The number of aliphatic hydroxyl groups is 1. The van der Waals surface area contributed by atoms with Crippen LogP contribution in [0, 0.1) is 0 Å². The van der Waals surface area contributed by atoms with Crippen molar-refractivity contribution in [3.63, 3.8) is 0 Å². The Morgan fingerprint density at radius 3 is 2.70 bits per heavy atom. The van der Waals surface area contributed by atoms with Gasteiger partial charge in [-0.1, -0.05) is 28.4 Å². The molecule has 1 atom stereocenters. The Balaban J connectivity index is 2.05. The molecule has 1 aromatic heterocycles. The van der Waals surface area contributed by atoms with Gasteiger partial charge in [0.05, 0.1) is 12.7 Å². The Kier molecular flexibility index (Phi) is 5.19. The molecule has 0 unspecified atom stereocenters. The first-order chi connectivity index (χ1) is 9.58. The Morgan fingerprint density at radius 2 is 2.05 bits per heavy atom. The van der Waals surface area contributed by atoms with Crippen LogP contribution in [0.15, 0.2) is 22.7 Å². The van der Waals surface area contributed by atoms with E-state index in [2.05, 4.69) is 15.5 Å². The van der Waals surface area contributed by atoms with Gasteiger partial charge in [-0.15, -0.1) is 0 Å². The number of halogens is 2. The summed E-state index contributed by atoms with van der Waals surface area (Å²) in [4.78, 5) is 4.14. The maximum atomic E-state index is 9.49. The molecular weight excluding hydrogens is 305 g/mol. The minimum Gasteiger partial charge on any atom is -0.389 e. The van der Waals surface area contributed by atoms with Crippen molar-refractivity contribution in [1.29, 1.82) is 0 Å². The fraction of sp³-hybridized carbons (Fsp3) is 0.333. The van der Waals surface area contributed by atoms with Crippen LogP contribution in [0.5, 0.6) is 0 Å². The van der Waals surface area contributed by atoms with E-state index in [4.69, 9.17) is 32.5 Å². The van der Waals surface area contributed by atoms with Gasteiger partial charge in [0.2, 0.25) is 5.82 Å². The van der Waals surface area contributed by atoms with Gasteiger partial charge in [0.1, 0.15) is 0 Å². The second-order valence-corrected chi connectivity index (χ2v) is 4.94. The molecule has 0 amide bonds. The summed E-state index contributed by atoms with van der Waals surface area (Å²) in [6, 6.07) is 5.18. The molecule has 0 aliphatic heterocycles. The van der Waals surface area contributed by atoms with Gasteiger partial charge in [-0.25, -0.2) is 0 Å². The number of benzene rings is 1. The molecule has 20 heavy (non-hydrogen) atoms. The van der Waals surface area contributed by atoms with E-state index in [1.54, 1.807) is 18.2 Å². The number of ether oxygens (including phenoxy) is 1. The summed E-state index contributed by atoms with van der Waals surface area (Å²) in [5.41, 5.74) is 0.650. The van der Waals surface area contributed by atoms with Crippen molar-refractivity contribution in [1.82, 2.24) is 10.1 Å². The molecule has 0 saturated carbocycles. The van der Waals surface area contributed by atoms with Gasteiger partial charge >= 0.3 is 6.01 Å². The van der Waals surface area contributed by atoms with Crippen molar-refractivity contribution in [2.45, 2.75) is 6.10 Å². The summed E-state index contributed by atoms with van der Waals surface area (Å²) in [5.74, 6) is 0.359. The zero-order valence-electron chi connectivity index (χ0n) is 10.6. The minimum absolute atomic E-state index is 0.200. The van der Waals surface area contributed by atoms with Gasteiger partial charge in [-0.3, -0.25) is 0 Å². The molecule has 2 N–H and O–H groups in total. The summed E-state index contributed by atoms with van der Waals surface area (Å²) in [6.07, 6.45) is -0.657. The van der Waals surface area contributed by atoms with Crippen molar-refractivity contribution >= 4 is 29.2 Å². The molecule has 2 aromatic rings. The van der Waals surface area contributed by atoms with E-state index >= 15 is 0 Å². The van der Waals surface area contributed by atoms with Crippen LogP contribution in [0.3, 0.4) is 0 Å². The van der Waals surface area contributed by atoms with Crippen LogP contribution in [-0.4, -0.2) is 41.6 Å². The van der Waals surface area contributed by atoms with Crippen molar-refractivity contribution in [2.75, 3.05) is 25.6 Å². The van der Waals surface area contributed by atoms with Gasteiger partial charge in [-0.2, -0.15) is 4.98 Å². The molecule has 0 radical (unpaired) electrons.